The Morgan fingerprint density at radius 2 is 2.27 bits per heavy atom. The molecular weight excluding hydrogens is 168 g/mol. The Morgan fingerprint density at radius 1 is 1.64 bits per heavy atom. The maximum Gasteiger partial charge on any atom is 0.258 e. The number of nitrogens with one attached hydrogen (secondary N) is 2. The van der Waals surface area contributed by atoms with E-state index in [2.05, 4.69) is 28.0 Å². The van der Waals surface area contributed by atoms with Crippen molar-refractivity contribution in [3.05, 3.63) is 4.91 Å². The van der Waals surface area contributed by atoms with Gasteiger partial charge < -0.3 is 16.4 Å². The lowest BCUT2D eigenvalue weighted by atomic mass is 10.2. The highest BCUT2D eigenvalue weighted by molar-refractivity contribution is 7.80. The van der Waals surface area contributed by atoms with E-state index in [1.165, 1.54) is 0 Å². The molecule has 1 saturated heterocycles. The third-order valence-corrected chi connectivity index (χ3v) is 1.48. The van der Waals surface area contributed by atoms with E-state index in [1.54, 1.807) is 0 Å². The molecule has 6 nitrogen and oxygen atoms in total. The molecular formula is C4H6N4O2S. The van der Waals surface area contributed by atoms with E-state index in [0.717, 1.165) is 0 Å². The van der Waals surface area contributed by atoms with Gasteiger partial charge in [-0.1, -0.05) is 5.18 Å². The van der Waals surface area contributed by atoms with E-state index >= 15 is 0 Å². The van der Waals surface area contributed by atoms with Crippen LogP contribution in [0.3, 0.4) is 0 Å². The second-order valence-electron chi connectivity index (χ2n) is 2.04. The topological polar surface area (TPSA) is 96.6 Å². The molecule has 0 radical (unpaired) electrons. The second kappa shape index (κ2) is 2.89. The highest BCUT2D eigenvalue weighted by atomic mass is 32.1. The summed E-state index contributed by atoms with van der Waals surface area (Å²) in [4.78, 5) is 20.8. The average molecular weight is 174 g/mol. The maximum atomic E-state index is 10.8. The van der Waals surface area contributed by atoms with Gasteiger partial charge in [0.25, 0.3) is 5.91 Å². The van der Waals surface area contributed by atoms with Crippen LogP contribution in [-0.2, 0) is 4.79 Å². The first-order valence-corrected chi connectivity index (χ1v) is 3.25. The summed E-state index contributed by atoms with van der Waals surface area (Å²) in [5, 5.41) is 7.37. The summed E-state index contributed by atoms with van der Waals surface area (Å²) < 4.78 is 0. The van der Waals surface area contributed by atoms with Crippen LogP contribution >= 0.6 is 12.2 Å². The van der Waals surface area contributed by atoms with Crippen LogP contribution in [0.1, 0.15) is 0 Å². The van der Waals surface area contributed by atoms with E-state index in [1.807, 2.05) is 0 Å². The van der Waals surface area contributed by atoms with Gasteiger partial charge in [0.05, 0.1) is 0 Å². The zero-order chi connectivity index (χ0) is 8.43. The smallest absolute Gasteiger partial charge is 0.258 e. The van der Waals surface area contributed by atoms with Crippen molar-refractivity contribution in [3.8, 4) is 0 Å². The fraction of sp³-hybridized carbons (Fsp3) is 0.500. The molecule has 7 heteroatoms. The molecule has 0 bridgehead atoms. The Balaban J connectivity index is 2.74. The number of nitroso groups, excluding NO2 is 1. The molecule has 1 rings (SSSR count). The monoisotopic (exact) mass is 174 g/mol. The zero-order valence-corrected chi connectivity index (χ0v) is 6.22. The number of carbonyl (C=O) groups excluding carboxylic acids is 1. The van der Waals surface area contributed by atoms with Crippen LogP contribution in [0, 0.1) is 4.91 Å². The van der Waals surface area contributed by atoms with Crippen molar-refractivity contribution in [1.82, 2.24) is 10.6 Å². The first-order chi connectivity index (χ1) is 5.15. The minimum absolute atomic E-state index is 0.127. The molecule has 2 unspecified atom stereocenters. The van der Waals surface area contributed by atoms with Crippen molar-refractivity contribution in [3.63, 3.8) is 0 Å². The summed E-state index contributed by atoms with van der Waals surface area (Å²) in [7, 11) is 0. The number of nitrogens with zero attached hydrogens (tertiary/aromatic N) is 1. The summed E-state index contributed by atoms with van der Waals surface area (Å²) in [6.07, 6.45) is -0.811. The second-order valence-corrected chi connectivity index (χ2v) is 2.45. The van der Waals surface area contributed by atoms with E-state index in [9.17, 15) is 9.70 Å². The van der Waals surface area contributed by atoms with Crippen molar-refractivity contribution in [1.29, 1.82) is 0 Å². The lowest BCUT2D eigenvalue weighted by Crippen LogP contribution is -2.63. The lowest BCUT2D eigenvalue weighted by molar-refractivity contribution is -0.122. The molecule has 1 aliphatic rings. The Hall–Kier alpha value is -1.08. The molecule has 0 aromatic carbocycles. The maximum absolute atomic E-state index is 10.8. The van der Waals surface area contributed by atoms with Crippen molar-refractivity contribution in [2.75, 3.05) is 0 Å². The summed E-state index contributed by atoms with van der Waals surface area (Å²) in [6, 6.07) is -1.10. The van der Waals surface area contributed by atoms with Gasteiger partial charge in [0.2, 0.25) is 6.04 Å². The first kappa shape index (κ1) is 8.02. The molecule has 1 amide bonds. The summed E-state index contributed by atoms with van der Waals surface area (Å²) in [5.41, 5.74) is 5.32. The molecule has 60 valence electrons. The molecule has 0 aliphatic carbocycles. The van der Waals surface area contributed by atoms with Gasteiger partial charge in [0.15, 0.2) is 5.11 Å². The highest BCUT2D eigenvalue weighted by Crippen LogP contribution is 1.98. The molecule has 1 heterocycles. The number of carbonyl (C=O) groups is 1. The van der Waals surface area contributed by atoms with Gasteiger partial charge in [-0.3, -0.25) is 4.79 Å². The fourth-order valence-electron chi connectivity index (χ4n) is 0.729. The van der Waals surface area contributed by atoms with Crippen molar-refractivity contribution in [2.45, 2.75) is 12.2 Å². The van der Waals surface area contributed by atoms with E-state index in [-0.39, 0.29) is 5.11 Å². The number of nitrogens with two attached hydrogens (primary N) is 1. The average Bonchev–Trinajstić information content (AvgIpc) is 1.85. The van der Waals surface area contributed by atoms with E-state index in [0.29, 0.717) is 0 Å². The molecule has 11 heavy (non-hydrogen) atoms. The molecule has 0 aromatic heterocycles. The lowest BCUT2D eigenvalue weighted by Gasteiger charge is -2.25. The Morgan fingerprint density at radius 3 is 2.73 bits per heavy atom. The fourth-order valence-corrected chi connectivity index (χ4v) is 0.965. The molecule has 4 N–H and O–H groups in total. The molecule has 0 aromatic rings. The van der Waals surface area contributed by atoms with E-state index < -0.39 is 18.1 Å². The van der Waals surface area contributed by atoms with Crippen LogP contribution < -0.4 is 16.4 Å². The molecule has 1 aliphatic heterocycles. The largest absolute Gasteiger partial charge is 0.345 e. The standard InChI is InChI=1S/C4H6N4O2S/c5-2-1(8-10)3(9)7-4(11)6-2/h1-2H,5H2,(H2,6,7,9,11). The Kier molecular flexibility index (Phi) is 2.11. The summed E-state index contributed by atoms with van der Waals surface area (Å²) in [6.45, 7) is 0. The number of thiocarbonyl (C=S) groups is 1. The van der Waals surface area contributed by atoms with Crippen molar-refractivity contribution in [2.24, 2.45) is 10.9 Å². The van der Waals surface area contributed by atoms with Gasteiger partial charge >= 0.3 is 0 Å². The molecule has 2 atom stereocenters. The van der Waals surface area contributed by atoms with Gasteiger partial charge in [-0.25, -0.2) is 0 Å². The minimum atomic E-state index is -1.10. The number of hydrogen-bond donors (Lipinski definition) is 3. The first-order valence-electron chi connectivity index (χ1n) is 2.84. The summed E-state index contributed by atoms with van der Waals surface area (Å²) >= 11 is 4.59. The normalized spacial score (nSPS) is 30.6. The Bertz CT molecular complexity index is 218. The third-order valence-electron chi connectivity index (χ3n) is 1.26. The predicted octanol–water partition coefficient (Wildman–Crippen LogP) is -1.59. The van der Waals surface area contributed by atoms with Crippen molar-refractivity contribution < 1.29 is 4.79 Å². The number of amides is 1. The molecule has 0 saturated carbocycles. The van der Waals surface area contributed by atoms with Crippen LogP contribution in [0.25, 0.3) is 0 Å². The third kappa shape index (κ3) is 1.49. The highest BCUT2D eigenvalue weighted by Gasteiger charge is 2.32. The molecule has 1 fully saturated rings. The quantitative estimate of drug-likeness (QED) is 0.329. The number of rotatable bonds is 1. The van der Waals surface area contributed by atoms with E-state index in [4.69, 9.17) is 5.73 Å². The van der Waals surface area contributed by atoms with Crippen LogP contribution in [0.4, 0.5) is 0 Å². The Labute approximate surface area is 67.5 Å². The van der Waals surface area contributed by atoms with Crippen LogP contribution in [-0.4, -0.2) is 23.2 Å². The van der Waals surface area contributed by atoms with Gasteiger partial charge in [0, 0.05) is 0 Å². The minimum Gasteiger partial charge on any atom is -0.345 e. The van der Waals surface area contributed by atoms with Crippen molar-refractivity contribution >= 4 is 23.2 Å². The SMILES string of the molecule is NC1NC(=S)NC(=O)C1N=O. The van der Waals surface area contributed by atoms with Crippen LogP contribution in [0.2, 0.25) is 0 Å². The van der Waals surface area contributed by atoms with Crippen LogP contribution in [0.5, 0.6) is 0 Å². The predicted molar refractivity (Wildman–Crippen MR) is 41.4 cm³/mol. The van der Waals surface area contributed by atoms with Gasteiger partial charge in [-0.05, 0) is 12.2 Å². The van der Waals surface area contributed by atoms with Gasteiger partial charge in [-0.2, -0.15) is 0 Å². The zero-order valence-electron chi connectivity index (χ0n) is 5.40. The van der Waals surface area contributed by atoms with Gasteiger partial charge in [-0.15, -0.1) is 4.91 Å². The van der Waals surface area contributed by atoms with Gasteiger partial charge in [0.1, 0.15) is 6.17 Å². The summed E-state index contributed by atoms with van der Waals surface area (Å²) in [5.74, 6) is -0.559. The van der Waals surface area contributed by atoms with Crippen LogP contribution in [0.15, 0.2) is 5.18 Å². The molecule has 0 spiro atoms. The number of hydrogen-bond acceptors (Lipinski definition) is 5.